The Hall–Kier alpha value is -2.63. The number of carbonyl (C=O) groups excluding carboxylic acids is 1. The van der Waals surface area contributed by atoms with Crippen LogP contribution in [0.25, 0.3) is 0 Å². The minimum Gasteiger partial charge on any atom is -0.478 e. The van der Waals surface area contributed by atoms with Crippen molar-refractivity contribution in [2.75, 3.05) is 13.1 Å². The maximum Gasteiger partial charge on any atom is 0.335 e. The first kappa shape index (κ1) is 18.7. The van der Waals surface area contributed by atoms with Crippen LogP contribution in [0.1, 0.15) is 71.0 Å². The van der Waals surface area contributed by atoms with Crippen molar-refractivity contribution in [1.82, 2.24) is 14.7 Å². The van der Waals surface area contributed by atoms with E-state index in [0.717, 1.165) is 37.7 Å². The van der Waals surface area contributed by atoms with Crippen LogP contribution in [-0.2, 0) is 6.42 Å². The van der Waals surface area contributed by atoms with Crippen LogP contribution >= 0.6 is 0 Å². The quantitative estimate of drug-likeness (QED) is 0.855. The number of aromatic carboxylic acids is 1. The largest absolute Gasteiger partial charge is 0.478 e. The molecule has 6 nitrogen and oxygen atoms in total. The molecule has 1 aromatic heterocycles. The van der Waals surface area contributed by atoms with Crippen LogP contribution in [0.4, 0.5) is 0 Å². The van der Waals surface area contributed by atoms with E-state index in [4.69, 9.17) is 0 Å². The van der Waals surface area contributed by atoms with Gasteiger partial charge in [0, 0.05) is 19.3 Å². The highest BCUT2D eigenvalue weighted by atomic mass is 16.4. The molecule has 1 saturated carbocycles. The smallest absolute Gasteiger partial charge is 0.335 e. The normalized spacial score (nSPS) is 18.5. The lowest BCUT2D eigenvalue weighted by Crippen LogP contribution is -2.40. The molecule has 4 rings (SSSR count). The number of carboxylic acids is 1. The Morgan fingerprint density at radius 3 is 2.46 bits per heavy atom. The Labute approximate surface area is 165 Å². The summed E-state index contributed by atoms with van der Waals surface area (Å²) in [6, 6.07) is 9.43. The molecule has 0 atom stereocenters. The molecule has 0 unspecified atom stereocenters. The fourth-order valence-electron chi connectivity index (χ4n) is 4.64. The van der Waals surface area contributed by atoms with Crippen molar-refractivity contribution in [1.29, 1.82) is 0 Å². The number of hydrogen-bond acceptors (Lipinski definition) is 3. The van der Waals surface area contributed by atoms with E-state index in [1.54, 1.807) is 18.3 Å². The van der Waals surface area contributed by atoms with Crippen LogP contribution in [0.2, 0.25) is 0 Å². The standard InChI is InChI=1S/C22H27N3O3/c26-21(20-9-12-23-25(20)18-6-2-3-7-18)24-13-10-16(11-14-24)15-17-5-1-4-8-19(17)22(27)28/h1,4-5,8-9,12,16,18H,2-3,6-7,10-11,13-15H2,(H,27,28). The Morgan fingerprint density at radius 1 is 1.04 bits per heavy atom. The number of amides is 1. The minimum atomic E-state index is -0.872. The molecule has 0 spiro atoms. The van der Waals surface area contributed by atoms with Gasteiger partial charge in [0.15, 0.2) is 0 Å². The molecule has 0 radical (unpaired) electrons. The van der Waals surface area contributed by atoms with Gasteiger partial charge in [0.1, 0.15) is 5.69 Å². The van der Waals surface area contributed by atoms with E-state index in [2.05, 4.69) is 5.10 Å². The van der Waals surface area contributed by atoms with Crippen molar-refractivity contribution in [3.8, 4) is 0 Å². The number of carbonyl (C=O) groups is 2. The third kappa shape index (κ3) is 3.81. The predicted molar refractivity (Wildman–Crippen MR) is 105 cm³/mol. The van der Waals surface area contributed by atoms with Gasteiger partial charge >= 0.3 is 5.97 Å². The zero-order valence-corrected chi connectivity index (χ0v) is 16.1. The minimum absolute atomic E-state index is 0.0776. The molecule has 28 heavy (non-hydrogen) atoms. The number of nitrogens with zero attached hydrogens (tertiary/aromatic N) is 3. The van der Waals surface area contributed by atoms with Gasteiger partial charge in [0.2, 0.25) is 0 Å². The summed E-state index contributed by atoms with van der Waals surface area (Å²) < 4.78 is 1.94. The molecule has 1 aliphatic heterocycles. The summed E-state index contributed by atoms with van der Waals surface area (Å²) in [6.07, 6.45) is 8.92. The van der Waals surface area contributed by atoms with Crippen molar-refractivity contribution in [2.45, 2.75) is 51.0 Å². The molecule has 2 aliphatic rings. The molecule has 2 heterocycles. The Balaban J connectivity index is 1.38. The zero-order chi connectivity index (χ0) is 19.5. The van der Waals surface area contributed by atoms with Gasteiger partial charge < -0.3 is 10.0 Å². The highest BCUT2D eigenvalue weighted by Gasteiger charge is 2.28. The maximum atomic E-state index is 13.0. The third-order valence-corrected chi connectivity index (χ3v) is 6.22. The van der Waals surface area contributed by atoms with Crippen LogP contribution in [0.5, 0.6) is 0 Å². The lowest BCUT2D eigenvalue weighted by atomic mass is 9.88. The highest BCUT2D eigenvalue weighted by Crippen LogP contribution is 2.31. The molecule has 1 aromatic carbocycles. The number of carboxylic acid groups (broad SMARTS) is 1. The fourth-order valence-corrected chi connectivity index (χ4v) is 4.64. The van der Waals surface area contributed by atoms with E-state index >= 15 is 0 Å². The average molecular weight is 381 g/mol. The number of hydrogen-bond donors (Lipinski definition) is 1. The van der Waals surface area contributed by atoms with Gasteiger partial charge in [-0.2, -0.15) is 5.10 Å². The number of benzene rings is 1. The lowest BCUT2D eigenvalue weighted by molar-refractivity contribution is 0.0675. The molecule has 0 bridgehead atoms. The number of likely N-dealkylation sites (tertiary alicyclic amines) is 1. The van der Waals surface area contributed by atoms with E-state index in [0.29, 0.717) is 36.3 Å². The highest BCUT2D eigenvalue weighted by molar-refractivity contribution is 5.92. The van der Waals surface area contributed by atoms with Gasteiger partial charge in [-0.05, 0) is 55.7 Å². The molecule has 2 fully saturated rings. The molecule has 1 amide bonds. The third-order valence-electron chi connectivity index (χ3n) is 6.22. The van der Waals surface area contributed by atoms with Crippen LogP contribution < -0.4 is 0 Å². The van der Waals surface area contributed by atoms with Crippen molar-refractivity contribution in [3.63, 3.8) is 0 Å². The summed E-state index contributed by atoms with van der Waals surface area (Å²) in [5.41, 5.74) is 1.99. The van der Waals surface area contributed by atoms with E-state index in [9.17, 15) is 14.7 Å². The summed E-state index contributed by atoms with van der Waals surface area (Å²) in [4.78, 5) is 26.4. The Morgan fingerprint density at radius 2 is 1.75 bits per heavy atom. The second-order valence-corrected chi connectivity index (χ2v) is 8.00. The molecular weight excluding hydrogens is 354 g/mol. The first-order valence-corrected chi connectivity index (χ1v) is 10.3. The van der Waals surface area contributed by atoms with E-state index in [1.807, 2.05) is 27.8 Å². The molecule has 6 heteroatoms. The molecule has 1 aliphatic carbocycles. The first-order valence-electron chi connectivity index (χ1n) is 10.3. The molecule has 1 saturated heterocycles. The SMILES string of the molecule is O=C(O)c1ccccc1CC1CCN(C(=O)c2ccnn2C2CCCC2)CC1. The summed E-state index contributed by atoms with van der Waals surface area (Å²) in [7, 11) is 0. The van der Waals surface area contributed by atoms with Gasteiger partial charge in [-0.1, -0.05) is 31.0 Å². The van der Waals surface area contributed by atoms with Crippen LogP contribution in [0, 0.1) is 5.92 Å². The van der Waals surface area contributed by atoms with Gasteiger partial charge in [0.05, 0.1) is 11.6 Å². The van der Waals surface area contributed by atoms with Crippen molar-refractivity contribution < 1.29 is 14.7 Å². The van der Waals surface area contributed by atoms with Gasteiger partial charge in [-0.3, -0.25) is 9.48 Å². The van der Waals surface area contributed by atoms with Crippen LogP contribution in [0.3, 0.4) is 0 Å². The van der Waals surface area contributed by atoms with Crippen LogP contribution in [0.15, 0.2) is 36.5 Å². The summed E-state index contributed by atoms with van der Waals surface area (Å²) in [5.74, 6) is -0.388. The molecule has 1 N–H and O–H groups in total. The van der Waals surface area contributed by atoms with Crippen molar-refractivity contribution in [2.24, 2.45) is 5.92 Å². The van der Waals surface area contributed by atoms with E-state index < -0.39 is 5.97 Å². The maximum absolute atomic E-state index is 13.0. The summed E-state index contributed by atoms with van der Waals surface area (Å²) in [5, 5.41) is 13.8. The predicted octanol–water partition coefficient (Wildman–Crippen LogP) is 3.79. The Kier molecular flexibility index (Phi) is 5.46. The summed E-state index contributed by atoms with van der Waals surface area (Å²) in [6.45, 7) is 1.43. The first-order chi connectivity index (χ1) is 13.6. The van der Waals surface area contributed by atoms with Crippen LogP contribution in [-0.4, -0.2) is 44.8 Å². The van der Waals surface area contributed by atoms with Gasteiger partial charge in [-0.25, -0.2) is 4.79 Å². The number of rotatable bonds is 5. The number of piperidine rings is 1. The average Bonchev–Trinajstić information content (AvgIpc) is 3.40. The molecule has 148 valence electrons. The van der Waals surface area contributed by atoms with Gasteiger partial charge in [-0.15, -0.1) is 0 Å². The fraction of sp³-hybridized carbons (Fsp3) is 0.500. The van der Waals surface area contributed by atoms with E-state index in [-0.39, 0.29) is 5.91 Å². The number of aromatic nitrogens is 2. The monoisotopic (exact) mass is 381 g/mol. The summed E-state index contributed by atoms with van der Waals surface area (Å²) >= 11 is 0. The van der Waals surface area contributed by atoms with Gasteiger partial charge in [0.25, 0.3) is 5.91 Å². The van der Waals surface area contributed by atoms with Crippen molar-refractivity contribution in [3.05, 3.63) is 53.3 Å². The second-order valence-electron chi connectivity index (χ2n) is 8.00. The topological polar surface area (TPSA) is 75.4 Å². The lowest BCUT2D eigenvalue weighted by Gasteiger charge is -2.32. The molecule has 2 aromatic rings. The van der Waals surface area contributed by atoms with E-state index in [1.165, 1.54) is 12.8 Å². The zero-order valence-electron chi connectivity index (χ0n) is 16.1. The van der Waals surface area contributed by atoms with Crippen molar-refractivity contribution >= 4 is 11.9 Å². The second kappa shape index (κ2) is 8.17. The molecular formula is C22H27N3O3. The Bertz CT molecular complexity index is 846.